The minimum atomic E-state index is 0.519. The standard InChI is InChI=1S/C15H15NS/c1-2-4-11(5-3-1)13-8-12-9-16-10-15(6-7-15)14(12)17-13/h1-5,8,16H,6-7,9-10H2. The van der Waals surface area contributed by atoms with E-state index in [1.54, 1.807) is 4.88 Å². The quantitative estimate of drug-likeness (QED) is 0.805. The lowest BCUT2D eigenvalue weighted by Crippen LogP contribution is -2.31. The minimum absolute atomic E-state index is 0.519. The summed E-state index contributed by atoms with van der Waals surface area (Å²) in [5.41, 5.74) is 3.42. The summed E-state index contributed by atoms with van der Waals surface area (Å²) in [6, 6.07) is 13.1. The smallest absolute Gasteiger partial charge is 0.0349 e. The van der Waals surface area contributed by atoms with Crippen LogP contribution >= 0.6 is 11.3 Å². The molecule has 1 aromatic heterocycles. The third-order valence-corrected chi connectivity index (χ3v) is 5.45. The summed E-state index contributed by atoms with van der Waals surface area (Å²) in [4.78, 5) is 3.10. The fourth-order valence-electron chi connectivity index (χ4n) is 2.83. The van der Waals surface area contributed by atoms with Gasteiger partial charge in [0.1, 0.15) is 0 Å². The van der Waals surface area contributed by atoms with E-state index in [9.17, 15) is 0 Å². The number of rotatable bonds is 1. The fourth-order valence-corrected chi connectivity index (χ4v) is 4.26. The number of hydrogen-bond donors (Lipinski definition) is 1. The van der Waals surface area contributed by atoms with Gasteiger partial charge in [-0.2, -0.15) is 0 Å². The lowest BCUT2D eigenvalue weighted by Gasteiger charge is -2.22. The van der Waals surface area contributed by atoms with Crippen LogP contribution in [-0.2, 0) is 12.0 Å². The zero-order valence-corrected chi connectivity index (χ0v) is 10.5. The van der Waals surface area contributed by atoms with Gasteiger partial charge < -0.3 is 5.32 Å². The first-order valence-electron chi connectivity index (χ1n) is 6.27. The summed E-state index contributed by atoms with van der Waals surface area (Å²) >= 11 is 2.02. The highest BCUT2D eigenvalue weighted by Crippen LogP contribution is 2.54. The molecule has 86 valence electrons. The van der Waals surface area contributed by atoms with Crippen LogP contribution in [0.15, 0.2) is 36.4 Å². The van der Waals surface area contributed by atoms with Crippen molar-refractivity contribution in [1.29, 1.82) is 0 Å². The molecular weight excluding hydrogens is 226 g/mol. The Labute approximate surface area is 105 Å². The lowest BCUT2D eigenvalue weighted by atomic mass is 9.97. The monoisotopic (exact) mass is 241 g/mol. The van der Waals surface area contributed by atoms with Gasteiger partial charge in [-0.25, -0.2) is 0 Å². The highest BCUT2D eigenvalue weighted by atomic mass is 32.1. The highest BCUT2D eigenvalue weighted by Gasteiger charge is 2.48. The van der Waals surface area contributed by atoms with Crippen molar-refractivity contribution in [2.45, 2.75) is 24.8 Å². The third-order valence-electron chi connectivity index (χ3n) is 3.98. The molecule has 0 radical (unpaired) electrons. The molecule has 0 unspecified atom stereocenters. The van der Waals surface area contributed by atoms with Crippen LogP contribution in [0, 0.1) is 0 Å². The van der Waals surface area contributed by atoms with Gasteiger partial charge >= 0.3 is 0 Å². The zero-order valence-electron chi connectivity index (χ0n) is 9.70. The van der Waals surface area contributed by atoms with Crippen LogP contribution in [0.1, 0.15) is 23.3 Å². The number of nitrogens with one attached hydrogen (secondary N) is 1. The van der Waals surface area contributed by atoms with Gasteiger partial charge in [0, 0.05) is 28.3 Å². The van der Waals surface area contributed by atoms with Crippen LogP contribution in [-0.4, -0.2) is 6.54 Å². The van der Waals surface area contributed by atoms with E-state index in [4.69, 9.17) is 0 Å². The summed E-state index contributed by atoms with van der Waals surface area (Å²) in [5, 5.41) is 3.57. The maximum Gasteiger partial charge on any atom is 0.0349 e. The molecule has 2 aliphatic rings. The lowest BCUT2D eigenvalue weighted by molar-refractivity contribution is 0.541. The van der Waals surface area contributed by atoms with E-state index >= 15 is 0 Å². The van der Waals surface area contributed by atoms with Gasteiger partial charge in [-0.1, -0.05) is 30.3 Å². The Morgan fingerprint density at radius 3 is 2.71 bits per heavy atom. The Kier molecular flexibility index (Phi) is 1.99. The number of fused-ring (bicyclic) bond motifs is 2. The van der Waals surface area contributed by atoms with Crippen molar-refractivity contribution in [2.75, 3.05) is 6.54 Å². The zero-order chi connectivity index (χ0) is 11.3. The number of benzene rings is 1. The molecule has 1 N–H and O–H groups in total. The molecule has 2 aromatic rings. The molecule has 2 heterocycles. The van der Waals surface area contributed by atoms with E-state index in [0.717, 1.165) is 6.54 Å². The van der Waals surface area contributed by atoms with Gasteiger partial charge in [-0.05, 0) is 30.0 Å². The molecule has 17 heavy (non-hydrogen) atoms. The molecule has 1 aliphatic heterocycles. The van der Waals surface area contributed by atoms with E-state index in [2.05, 4.69) is 41.7 Å². The molecule has 0 bridgehead atoms. The van der Waals surface area contributed by atoms with E-state index < -0.39 is 0 Å². The third kappa shape index (κ3) is 1.48. The largest absolute Gasteiger partial charge is 0.312 e. The van der Waals surface area contributed by atoms with Crippen molar-refractivity contribution >= 4 is 11.3 Å². The first-order chi connectivity index (χ1) is 8.37. The van der Waals surface area contributed by atoms with Crippen LogP contribution in [0.5, 0.6) is 0 Å². The molecule has 2 heteroatoms. The van der Waals surface area contributed by atoms with Gasteiger partial charge in [0.25, 0.3) is 0 Å². The van der Waals surface area contributed by atoms with Crippen molar-refractivity contribution in [3.63, 3.8) is 0 Å². The SMILES string of the molecule is c1ccc(-c2cc3c(s2)C2(CC2)CNC3)cc1. The maximum absolute atomic E-state index is 3.57. The van der Waals surface area contributed by atoms with Gasteiger partial charge in [0.15, 0.2) is 0 Å². The molecule has 1 saturated carbocycles. The summed E-state index contributed by atoms with van der Waals surface area (Å²) in [6.07, 6.45) is 2.75. The van der Waals surface area contributed by atoms with Crippen LogP contribution < -0.4 is 5.32 Å². The predicted molar refractivity (Wildman–Crippen MR) is 72.4 cm³/mol. The normalized spacial score (nSPS) is 20.2. The summed E-state index contributed by atoms with van der Waals surface area (Å²) in [6.45, 7) is 2.25. The molecule has 1 spiro atoms. The van der Waals surface area contributed by atoms with E-state index in [1.807, 2.05) is 11.3 Å². The summed E-state index contributed by atoms with van der Waals surface area (Å²) in [7, 11) is 0. The van der Waals surface area contributed by atoms with Crippen molar-refractivity contribution < 1.29 is 0 Å². The van der Waals surface area contributed by atoms with E-state index in [1.165, 1.54) is 35.4 Å². The molecule has 1 aromatic carbocycles. The molecular formula is C15H15NS. The Hall–Kier alpha value is -1.12. The highest BCUT2D eigenvalue weighted by molar-refractivity contribution is 7.15. The molecule has 4 rings (SSSR count). The Balaban J connectivity index is 1.83. The maximum atomic E-state index is 3.57. The van der Waals surface area contributed by atoms with Crippen molar-refractivity contribution in [2.24, 2.45) is 0 Å². The summed E-state index contributed by atoms with van der Waals surface area (Å²) < 4.78 is 0. The number of thiophene rings is 1. The second-order valence-corrected chi connectivity index (χ2v) is 6.27. The fraction of sp³-hybridized carbons (Fsp3) is 0.333. The molecule has 1 nitrogen and oxygen atoms in total. The van der Waals surface area contributed by atoms with Crippen molar-refractivity contribution in [1.82, 2.24) is 5.32 Å². The van der Waals surface area contributed by atoms with Gasteiger partial charge in [-0.3, -0.25) is 0 Å². The van der Waals surface area contributed by atoms with Crippen molar-refractivity contribution in [3.8, 4) is 10.4 Å². The van der Waals surface area contributed by atoms with Crippen LogP contribution in [0.2, 0.25) is 0 Å². The summed E-state index contributed by atoms with van der Waals surface area (Å²) in [5.74, 6) is 0. The van der Waals surface area contributed by atoms with Crippen LogP contribution in [0.3, 0.4) is 0 Å². The van der Waals surface area contributed by atoms with E-state index in [-0.39, 0.29) is 0 Å². The first kappa shape index (κ1) is 9.86. The second kappa shape index (κ2) is 3.44. The average molecular weight is 241 g/mol. The van der Waals surface area contributed by atoms with Crippen molar-refractivity contribution in [3.05, 3.63) is 46.8 Å². The van der Waals surface area contributed by atoms with Gasteiger partial charge in [0.05, 0.1) is 0 Å². The van der Waals surface area contributed by atoms with E-state index in [0.29, 0.717) is 5.41 Å². The number of hydrogen-bond acceptors (Lipinski definition) is 2. The molecule has 0 saturated heterocycles. The Morgan fingerprint density at radius 2 is 1.94 bits per heavy atom. The Morgan fingerprint density at radius 1 is 1.12 bits per heavy atom. The molecule has 0 amide bonds. The predicted octanol–water partition coefficient (Wildman–Crippen LogP) is 3.55. The van der Waals surface area contributed by atoms with Crippen LogP contribution in [0.25, 0.3) is 10.4 Å². The van der Waals surface area contributed by atoms with Gasteiger partial charge in [0.2, 0.25) is 0 Å². The minimum Gasteiger partial charge on any atom is -0.312 e. The van der Waals surface area contributed by atoms with Crippen LogP contribution in [0.4, 0.5) is 0 Å². The topological polar surface area (TPSA) is 12.0 Å². The second-order valence-electron chi connectivity index (χ2n) is 5.21. The van der Waals surface area contributed by atoms with Gasteiger partial charge in [-0.15, -0.1) is 11.3 Å². The molecule has 1 fully saturated rings. The molecule has 0 atom stereocenters. The molecule has 1 aliphatic carbocycles. The average Bonchev–Trinajstić information content (AvgIpc) is 3.00. The Bertz CT molecular complexity index is 552. The first-order valence-corrected chi connectivity index (χ1v) is 7.08.